The van der Waals surface area contributed by atoms with E-state index in [4.69, 9.17) is 0 Å². The smallest absolute Gasteiger partial charge is 0.141 e. The molecular weight excluding hydrogens is 291 g/mol. The van der Waals surface area contributed by atoms with Crippen LogP contribution in [0.25, 0.3) is 0 Å². The van der Waals surface area contributed by atoms with Crippen LogP contribution in [-0.4, -0.2) is 21.1 Å². The molecule has 0 aliphatic carbocycles. The van der Waals surface area contributed by atoms with Crippen LogP contribution >= 0.6 is 22.6 Å². The van der Waals surface area contributed by atoms with Gasteiger partial charge in [-0.1, -0.05) is 18.2 Å². The van der Waals surface area contributed by atoms with Gasteiger partial charge >= 0.3 is 0 Å². The van der Waals surface area contributed by atoms with Crippen LogP contribution in [0.15, 0.2) is 42.0 Å². The molecule has 0 aliphatic rings. The van der Waals surface area contributed by atoms with Crippen molar-refractivity contribution in [1.29, 1.82) is 0 Å². The Labute approximate surface area is 94.8 Å². The van der Waals surface area contributed by atoms with Gasteiger partial charge in [0.15, 0.2) is 0 Å². The van der Waals surface area contributed by atoms with Crippen LogP contribution in [0, 0.1) is 3.57 Å². The summed E-state index contributed by atoms with van der Waals surface area (Å²) in [7, 11) is 0. The summed E-state index contributed by atoms with van der Waals surface area (Å²) >= 11 is 2.27. The van der Waals surface area contributed by atoms with Gasteiger partial charge in [-0.3, -0.25) is 0 Å². The van der Waals surface area contributed by atoms with Crippen LogP contribution in [0.4, 0.5) is 0 Å². The molecule has 0 N–H and O–H groups in total. The van der Waals surface area contributed by atoms with Gasteiger partial charge in [0.2, 0.25) is 0 Å². The van der Waals surface area contributed by atoms with E-state index in [1.54, 1.807) is 23.5 Å². The third kappa shape index (κ3) is 2.16. The van der Waals surface area contributed by atoms with Crippen LogP contribution in [0.3, 0.4) is 0 Å². The van der Waals surface area contributed by atoms with Crippen molar-refractivity contribution in [2.24, 2.45) is 5.10 Å². The summed E-state index contributed by atoms with van der Waals surface area (Å²) in [5.74, 6) is 0. The monoisotopic (exact) mass is 298 g/mol. The summed E-state index contributed by atoms with van der Waals surface area (Å²) in [6.45, 7) is 0. The molecule has 0 unspecified atom stereocenters. The molecule has 2 aromatic rings. The SMILES string of the molecule is Ic1ccccc1/C=N/n1cnnc1. The first-order valence-corrected chi connectivity index (χ1v) is 5.07. The lowest BCUT2D eigenvalue weighted by molar-refractivity contribution is 0.878. The van der Waals surface area contributed by atoms with E-state index >= 15 is 0 Å². The largest absolute Gasteiger partial charge is 0.208 e. The Kier molecular flexibility index (Phi) is 2.87. The Morgan fingerprint density at radius 2 is 1.93 bits per heavy atom. The second-order valence-corrected chi connectivity index (χ2v) is 3.77. The number of hydrogen-bond acceptors (Lipinski definition) is 3. The van der Waals surface area contributed by atoms with E-state index in [0.717, 1.165) is 5.56 Å². The number of aromatic nitrogens is 3. The highest BCUT2D eigenvalue weighted by Gasteiger charge is 1.93. The van der Waals surface area contributed by atoms with Gasteiger partial charge < -0.3 is 0 Å². The van der Waals surface area contributed by atoms with Gasteiger partial charge in [-0.2, -0.15) is 5.10 Å². The quantitative estimate of drug-likeness (QED) is 0.626. The predicted molar refractivity (Wildman–Crippen MR) is 62.2 cm³/mol. The van der Waals surface area contributed by atoms with E-state index in [2.05, 4.69) is 37.9 Å². The van der Waals surface area contributed by atoms with Crippen molar-refractivity contribution < 1.29 is 0 Å². The summed E-state index contributed by atoms with van der Waals surface area (Å²) in [5.41, 5.74) is 1.09. The molecule has 70 valence electrons. The van der Waals surface area contributed by atoms with Crippen LogP contribution < -0.4 is 0 Å². The van der Waals surface area contributed by atoms with Crippen LogP contribution in [0.1, 0.15) is 5.56 Å². The third-order valence-corrected chi connectivity index (χ3v) is 2.62. The Morgan fingerprint density at radius 1 is 1.21 bits per heavy atom. The van der Waals surface area contributed by atoms with Crippen molar-refractivity contribution in [1.82, 2.24) is 14.9 Å². The van der Waals surface area contributed by atoms with Gasteiger partial charge in [0.25, 0.3) is 0 Å². The molecule has 2 rings (SSSR count). The first-order valence-electron chi connectivity index (χ1n) is 4.00. The zero-order valence-electron chi connectivity index (χ0n) is 7.21. The summed E-state index contributed by atoms with van der Waals surface area (Å²) in [5, 5.41) is 11.5. The predicted octanol–water partition coefficient (Wildman–Crippen LogP) is 1.76. The Balaban J connectivity index is 2.23. The number of rotatable bonds is 2. The number of hydrogen-bond donors (Lipinski definition) is 0. The molecule has 0 saturated carbocycles. The highest BCUT2D eigenvalue weighted by Crippen LogP contribution is 2.08. The second-order valence-electron chi connectivity index (χ2n) is 2.61. The fourth-order valence-electron chi connectivity index (χ4n) is 0.964. The summed E-state index contributed by atoms with van der Waals surface area (Å²) < 4.78 is 2.73. The van der Waals surface area contributed by atoms with Gasteiger partial charge in [-0.05, 0) is 28.7 Å². The summed E-state index contributed by atoms with van der Waals surface area (Å²) in [4.78, 5) is 0. The highest BCUT2D eigenvalue weighted by atomic mass is 127. The minimum absolute atomic E-state index is 1.09. The van der Waals surface area contributed by atoms with E-state index in [1.807, 2.05) is 24.3 Å². The van der Waals surface area contributed by atoms with Crippen LogP contribution in [0.2, 0.25) is 0 Å². The standard InChI is InChI=1S/C9H7IN4/c10-9-4-2-1-3-8(9)5-13-14-6-11-12-7-14/h1-7H/b13-5+. The molecule has 0 fully saturated rings. The maximum absolute atomic E-state index is 4.16. The average Bonchev–Trinajstić information content (AvgIpc) is 2.69. The van der Waals surface area contributed by atoms with E-state index < -0.39 is 0 Å². The van der Waals surface area contributed by atoms with Crippen molar-refractivity contribution in [3.05, 3.63) is 46.1 Å². The molecule has 0 atom stereocenters. The van der Waals surface area contributed by atoms with Gasteiger partial charge in [0.1, 0.15) is 12.7 Å². The van der Waals surface area contributed by atoms with Crippen molar-refractivity contribution in [3.63, 3.8) is 0 Å². The lowest BCUT2D eigenvalue weighted by Gasteiger charge is -1.95. The van der Waals surface area contributed by atoms with Crippen molar-refractivity contribution in [2.75, 3.05) is 0 Å². The van der Waals surface area contributed by atoms with Crippen LogP contribution in [0.5, 0.6) is 0 Å². The molecule has 0 radical (unpaired) electrons. The molecule has 4 nitrogen and oxygen atoms in total. The fraction of sp³-hybridized carbons (Fsp3) is 0. The molecule has 0 bridgehead atoms. The zero-order valence-corrected chi connectivity index (χ0v) is 9.37. The topological polar surface area (TPSA) is 43.1 Å². The molecule has 1 aromatic carbocycles. The van der Waals surface area contributed by atoms with Crippen molar-refractivity contribution in [2.45, 2.75) is 0 Å². The molecule has 0 spiro atoms. The van der Waals surface area contributed by atoms with E-state index in [0.29, 0.717) is 0 Å². The Morgan fingerprint density at radius 3 is 2.64 bits per heavy atom. The zero-order chi connectivity index (χ0) is 9.80. The van der Waals surface area contributed by atoms with Crippen molar-refractivity contribution in [3.8, 4) is 0 Å². The van der Waals surface area contributed by atoms with E-state index in [1.165, 1.54) is 3.57 Å². The molecule has 0 saturated heterocycles. The van der Waals surface area contributed by atoms with E-state index in [9.17, 15) is 0 Å². The fourth-order valence-corrected chi connectivity index (χ4v) is 1.49. The maximum Gasteiger partial charge on any atom is 0.141 e. The highest BCUT2D eigenvalue weighted by molar-refractivity contribution is 14.1. The van der Waals surface area contributed by atoms with Gasteiger partial charge in [-0.15, -0.1) is 10.2 Å². The second kappa shape index (κ2) is 4.32. The third-order valence-electron chi connectivity index (χ3n) is 1.64. The normalized spacial score (nSPS) is 10.9. The molecule has 5 heteroatoms. The van der Waals surface area contributed by atoms with Crippen molar-refractivity contribution >= 4 is 28.8 Å². The molecule has 0 aliphatic heterocycles. The minimum atomic E-state index is 1.09. The lowest BCUT2D eigenvalue weighted by atomic mass is 10.2. The summed E-state index contributed by atoms with van der Waals surface area (Å²) in [6.07, 6.45) is 4.88. The average molecular weight is 298 g/mol. The lowest BCUT2D eigenvalue weighted by Crippen LogP contribution is -1.89. The Bertz CT molecular complexity index is 436. The first-order chi connectivity index (χ1) is 6.86. The molecule has 1 heterocycles. The number of nitrogens with zero attached hydrogens (tertiary/aromatic N) is 4. The molecule has 14 heavy (non-hydrogen) atoms. The van der Waals surface area contributed by atoms with Gasteiger partial charge in [-0.25, -0.2) is 4.68 Å². The molecule has 1 aromatic heterocycles. The first kappa shape index (κ1) is 9.32. The van der Waals surface area contributed by atoms with Gasteiger partial charge in [0.05, 0.1) is 6.21 Å². The van der Waals surface area contributed by atoms with Gasteiger partial charge in [0, 0.05) is 9.13 Å². The summed E-state index contributed by atoms with van der Waals surface area (Å²) in [6, 6.07) is 8.03. The minimum Gasteiger partial charge on any atom is -0.208 e. The van der Waals surface area contributed by atoms with E-state index in [-0.39, 0.29) is 0 Å². The maximum atomic E-state index is 4.16. The molecular formula is C9H7IN4. The van der Waals surface area contributed by atoms with Crippen LogP contribution in [-0.2, 0) is 0 Å². The number of halogens is 1. The Hall–Kier alpha value is -1.24. The molecule has 0 amide bonds. The number of benzene rings is 1.